The number of hydrogen-bond acceptors (Lipinski definition) is 3. The summed E-state index contributed by atoms with van der Waals surface area (Å²) in [7, 11) is 3.47. The molecule has 0 aliphatic carbocycles. The second-order valence-electron chi connectivity index (χ2n) is 7.53. The summed E-state index contributed by atoms with van der Waals surface area (Å²) in [5.74, 6) is 2.43. The number of nitrogens with one attached hydrogen (secondary N) is 2. The summed E-state index contributed by atoms with van der Waals surface area (Å²) in [6.07, 6.45) is 1.97. The molecule has 0 bridgehead atoms. The molecular weight excluding hydrogens is 340 g/mol. The standard InChI is InChI=1S/C21H34N4O2/c1-15(2)20(26)25-13-11-18(14-25)24-21(22-4)23-12-10-16(3)17-6-8-19(27-5)9-7-17/h6-9,15-16,18H,10-14H2,1-5H3,(H2,22,23,24). The molecule has 150 valence electrons. The average molecular weight is 375 g/mol. The van der Waals surface area contributed by atoms with Crippen LogP contribution in [-0.4, -0.2) is 56.6 Å². The highest BCUT2D eigenvalue weighted by Gasteiger charge is 2.27. The Labute approximate surface area is 163 Å². The molecule has 2 N–H and O–H groups in total. The molecule has 1 heterocycles. The molecule has 2 rings (SSSR count). The van der Waals surface area contributed by atoms with Gasteiger partial charge in [0.05, 0.1) is 7.11 Å². The number of methoxy groups -OCH3 is 1. The van der Waals surface area contributed by atoms with Gasteiger partial charge in [0.15, 0.2) is 5.96 Å². The summed E-state index contributed by atoms with van der Waals surface area (Å²) in [6, 6.07) is 8.51. The van der Waals surface area contributed by atoms with Gasteiger partial charge in [-0.25, -0.2) is 0 Å². The summed E-state index contributed by atoms with van der Waals surface area (Å²) < 4.78 is 5.21. The van der Waals surface area contributed by atoms with E-state index in [-0.39, 0.29) is 17.9 Å². The minimum atomic E-state index is 0.0561. The first kappa shape index (κ1) is 21.1. The fourth-order valence-corrected chi connectivity index (χ4v) is 3.34. The Morgan fingerprint density at radius 3 is 2.59 bits per heavy atom. The largest absolute Gasteiger partial charge is 0.497 e. The molecule has 6 heteroatoms. The third kappa shape index (κ3) is 6.15. The zero-order valence-corrected chi connectivity index (χ0v) is 17.3. The van der Waals surface area contributed by atoms with Gasteiger partial charge in [-0.05, 0) is 36.5 Å². The Bertz CT molecular complexity index is 628. The monoisotopic (exact) mass is 374 g/mol. The molecule has 2 atom stereocenters. The highest BCUT2D eigenvalue weighted by Crippen LogP contribution is 2.21. The fourth-order valence-electron chi connectivity index (χ4n) is 3.34. The molecule has 1 aliphatic heterocycles. The van der Waals surface area contributed by atoms with Crippen molar-refractivity contribution in [2.75, 3.05) is 33.8 Å². The van der Waals surface area contributed by atoms with Crippen molar-refractivity contribution in [3.63, 3.8) is 0 Å². The first-order valence-corrected chi connectivity index (χ1v) is 9.84. The fraction of sp³-hybridized carbons (Fsp3) is 0.619. The lowest BCUT2D eigenvalue weighted by Gasteiger charge is -2.21. The lowest BCUT2D eigenvalue weighted by atomic mass is 9.98. The summed E-state index contributed by atoms with van der Waals surface area (Å²) in [5, 5.41) is 6.84. The Hall–Kier alpha value is -2.24. The molecule has 27 heavy (non-hydrogen) atoms. The van der Waals surface area contributed by atoms with Crippen LogP contribution in [0.1, 0.15) is 45.1 Å². The van der Waals surface area contributed by atoms with Crippen LogP contribution in [0.2, 0.25) is 0 Å². The van der Waals surface area contributed by atoms with E-state index in [1.807, 2.05) is 30.9 Å². The Balaban J connectivity index is 1.75. The summed E-state index contributed by atoms with van der Waals surface area (Å²) in [5.41, 5.74) is 1.30. The minimum absolute atomic E-state index is 0.0561. The van der Waals surface area contributed by atoms with Crippen LogP contribution in [0.15, 0.2) is 29.3 Å². The van der Waals surface area contributed by atoms with Crippen molar-refractivity contribution in [1.82, 2.24) is 15.5 Å². The average Bonchev–Trinajstić information content (AvgIpc) is 3.14. The number of ether oxygens (including phenoxy) is 1. The van der Waals surface area contributed by atoms with E-state index in [1.54, 1.807) is 14.2 Å². The summed E-state index contributed by atoms with van der Waals surface area (Å²) in [6.45, 7) is 8.54. The van der Waals surface area contributed by atoms with Gasteiger partial charge in [0.2, 0.25) is 5.91 Å². The first-order valence-electron chi connectivity index (χ1n) is 9.84. The topological polar surface area (TPSA) is 66.0 Å². The maximum absolute atomic E-state index is 12.1. The zero-order chi connectivity index (χ0) is 19.8. The number of benzene rings is 1. The number of rotatable bonds is 7. The maximum atomic E-state index is 12.1. The minimum Gasteiger partial charge on any atom is -0.497 e. The number of guanidine groups is 1. The molecule has 2 unspecified atom stereocenters. The van der Waals surface area contributed by atoms with Crippen molar-refractivity contribution in [3.8, 4) is 5.75 Å². The summed E-state index contributed by atoms with van der Waals surface area (Å²) in [4.78, 5) is 18.4. The highest BCUT2D eigenvalue weighted by molar-refractivity contribution is 5.81. The van der Waals surface area contributed by atoms with Gasteiger partial charge in [-0.1, -0.05) is 32.9 Å². The van der Waals surface area contributed by atoms with Gasteiger partial charge < -0.3 is 20.3 Å². The van der Waals surface area contributed by atoms with E-state index in [1.165, 1.54) is 5.56 Å². The van der Waals surface area contributed by atoms with E-state index in [2.05, 4.69) is 34.7 Å². The molecule has 1 aliphatic rings. The van der Waals surface area contributed by atoms with Crippen molar-refractivity contribution in [3.05, 3.63) is 29.8 Å². The zero-order valence-electron chi connectivity index (χ0n) is 17.3. The first-order chi connectivity index (χ1) is 12.9. The molecule has 0 radical (unpaired) electrons. The molecular formula is C21H34N4O2. The van der Waals surface area contributed by atoms with Crippen LogP contribution < -0.4 is 15.4 Å². The van der Waals surface area contributed by atoms with Gasteiger partial charge in [0.25, 0.3) is 0 Å². The van der Waals surface area contributed by atoms with Crippen molar-refractivity contribution in [2.45, 2.75) is 45.6 Å². The van der Waals surface area contributed by atoms with Gasteiger partial charge in [-0.15, -0.1) is 0 Å². The van der Waals surface area contributed by atoms with E-state index in [9.17, 15) is 4.79 Å². The van der Waals surface area contributed by atoms with Crippen LogP contribution in [0.3, 0.4) is 0 Å². The molecule has 0 saturated carbocycles. The van der Waals surface area contributed by atoms with Crippen LogP contribution in [0.25, 0.3) is 0 Å². The number of carbonyl (C=O) groups excluding carboxylic acids is 1. The van der Waals surface area contributed by atoms with Gasteiger partial charge in [-0.2, -0.15) is 0 Å². The number of carbonyl (C=O) groups is 1. The Morgan fingerprint density at radius 2 is 2.00 bits per heavy atom. The third-order valence-electron chi connectivity index (χ3n) is 5.11. The van der Waals surface area contributed by atoms with Crippen molar-refractivity contribution in [1.29, 1.82) is 0 Å². The number of nitrogens with zero attached hydrogens (tertiary/aromatic N) is 2. The van der Waals surface area contributed by atoms with E-state index in [4.69, 9.17) is 4.74 Å². The molecule has 1 aromatic carbocycles. The number of hydrogen-bond donors (Lipinski definition) is 2. The van der Waals surface area contributed by atoms with Gasteiger partial charge in [-0.3, -0.25) is 9.79 Å². The number of likely N-dealkylation sites (tertiary alicyclic amines) is 1. The molecule has 1 aromatic rings. The highest BCUT2D eigenvalue weighted by atomic mass is 16.5. The SMILES string of the molecule is CN=C(NCCC(C)c1ccc(OC)cc1)NC1CCN(C(=O)C(C)C)C1. The van der Waals surface area contributed by atoms with Crippen molar-refractivity contribution in [2.24, 2.45) is 10.9 Å². The second kappa shape index (κ2) is 10.2. The van der Waals surface area contributed by atoms with Crippen LogP contribution in [0, 0.1) is 5.92 Å². The van der Waals surface area contributed by atoms with Crippen LogP contribution in [0.5, 0.6) is 5.75 Å². The van der Waals surface area contributed by atoms with Crippen LogP contribution in [0.4, 0.5) is 0 Å². The maximum Gasteiger partial charge on any atom is 0.225 e. The molecule has 1 fully saturated rings. The predicted octanol–water partition coefficient (Wildman–Crippen LogP) is 2.61. The number of aliphatic imine (C=N–C) groups is 1. The molecule has 0 spiro atoms. The van der Waals surface area contributed by atoms with Gasteiger partial charge in [0, 0.05) is 38.6 Å². The van der Waals surface area contributed by atoms with Crippen molar-refractivity contribution < 1.29 is 9.53 Å². The lowest BCUT2D eigenvalue weighted by molar-refractivity contribution is -0.133. The molecule has 1 amide bonds. The van der Waals surface area contributed by atoms with Crippen molar-refractivity contribution >= 4 is 11.9 Å². The van der Waals surface area contributed by atoms with Gasteiger partial charge in [0.1, 0.15) is 5.75 Å². The molecule has 0 aromatic heterocycles. The lowest BCUT2D eigenvalue weighted by Crippen LogP contribution is -2.45. The van der Waals surface area contributed by atoms with E-state index >= 15 is 0 Å². The molecule has 6 nitrogen and oxygen atoms in total. The van der Waals surface area contributed by atoms with E-state index in [0.29, 0.717) is 5.92 Å². The second-order valence-corrected chi connectivity index (χ2v) is 7.53. The number of amides is 1. The third-order valence-corrected chi connectivity index (χ3v) is 5.11. The van der Waals surface area contributed by atoms with Crippen LogP contribution >= 0.6 is 0 Å². The van der Waals surface area contributed by atoms with Gasteiger partial charge >= 0.3 is 0 Å². The summed E-state index contributed by atoms with van der Waals surface area (Å²) >= 11 is 0. The van der Waals surface area contributed by atoms with E-state index in [0.717, 1.165) is 44.2 Å². The Morgan fingerprint density at radius 1 is 1.30 bits per heavy atom. The quantitative estimate of drug-likeness (QED) is 0.569. The van der Waals surface area contributed by atoms with Crippen LogP contribution in [-0.2, 0) is 4.79 Å². The predicted molar refractivity (Wildman–Crippen MR) is 110 cm³/mol. The Kier molecular flexibility index (Phi) is 7.95. The molecule has 1 saturated heterocycles. The normalized spacial score (nSPS) is 18.5. The smallest absolute Gasteiger partial charge is 0.225 e. The van der Waals surface area contributed by atoms with E-state index < -0.39 is 0 Å².